The molecule has 1 fully saturated rings. The van der Waals surface area contributed by atoms with Crippen LogP contribution in [0.25, 0.3) is 11.0 Å². The fourth-order valence-corrected chi connectivity index (χ4v) is 4.29. The van der Waals surface area contributed by atoms with E-state index >= 15 is 0 Å². The minimum atomic E-state index is -0.113. The lowest BCUT2D eigenvalue weighted by Gasteiger charge is -2.33. The quantitative estimate of drug-likeness (QED) is 0.678. The average molecular weight is 407 g/mol. The van der Waals surface area contributed by atoms with E-state index in [2.05, 4.69) is 44.7 Å². The van der Waals surface area contributed by atoms with Crippen molar-refractivity contribution in [3.05, 3.63) is 48.5 Å². The van der Waals surface area contributed by atoms with Crippen molar-refractivity contribution in [3.8, 4) is 0 Å². The van der Waals surface area contributed by atoms with Gasteiger partial charge in [-0.25, -0.2) is 15.0 Å². The second-order valence-corrected chi connectivity index (χ2v) is 8.54. The third kappa shape index (κ3) is 4.30. The van der Waals surface area contributed by atoms with Gasteiger partial charge in [-0.3, -0.25) is 4.79 Å². The van der Waals surface area contributed by atoms with Crippen LogP contribution in [-0.4, -0.2) is 38.5 Å². The van der Waals surface area contributed by atoms with E-state index in [0.29, 0.717) is 18.4 Å². The van der Waals surface area contributed by atoms with Crippen LogP contribution in [0.1, 0.15) is 45.0 Å². The van der Waals surface area contributed by atoms with E-state index in [1.807, 2.05) is 31.3 Å². The minimum Gasteiger partial charge on any atom is -0.346 e. The Morgan fingerprint density at radius 2 is 1.97 bits per heavy atom. The zero-order valence-corrected chi connectivity index (χ0v) is 18.0. The topological polar surface area (TPSA) is 75.9 Å². The molecule has 2 aromatic heterocycles. The van der Waals surface area contributed by atoms with Crippen LogP contribution in [0.5, 0.6) is 0 Å². The number of aryl methyl sites for hydroxylation is 1. The van der Waals surface area contributed by atoms with Crippen LogP contribution in [0.4, 0.5) is 5.95 Å². The maximum Gasteiger partial charge on any atom is 0.225 e. The van der Waals surface area contributed by atoms with Crippen molar-refractivity contribution in [2.75, 3.05) is 18.0 Å². The largest absolute Gasteiger partial charge is 0.346 e. The van der Waals surface area contributed by atoms with Crippen LogP contribution < -0.4 is 10.2 Å². The molecule has 0 aliphatic carbocycles. The average Bonchev–Trinajstić information content (AvgIpc) is 3.10. The number of aromatic nitrogens is 4. The molecule has 1 aliphatic rings. The predicted molar refractivity (Wildman–Crippen MR) is 118 cm³/mol. The lowest BCUT2D eigenvalue weighted by Crippen LogP contribution is -2.45. The van der Waals surface area contributed by atoms with Gasteiger partial charge in [0, 0.05) is 32.5 Å². The summed E-state index contributed by atoms with van der Waals surface area (Å²) in [5.41, 5.74) is 2.05. The summed E-state index contributed by atoms with van der Waals surface area (Å²) in [4.78, 5) is 28.9. The first-order valence-corrected chi connectivity index (χ1v) is 10.8. The monoisotopic (exact) mass is 406 g/mol. The van der Waals surface area contributed by atoms with Gasteiger partial charge in [0.25, 0.3) is 0 Å². The molecule has 158 valence electrons. The molecule has 2 atom stereocenters. The fourth-order valence-electron chi connectivity index (χ4n) is 4.29. The van der Waals surface area contributed by atoms with Gasteiger partial charge >= 0.3 is 0 Å². The molecule has 4 rings (SSSR count). The number of carbonyl (C=O) groups is 1. The number of fused-ring (bicyclic) bond motifs is 1. The summed E-state index contributed by atoms with van der Waals surface area (Å²) in [5, 5.41) is 3.32. The zero-order valence-electron chi connectivity index (χ0n) is 18.0. The number of hydrogen-bond acceptors (Lipinski definition) is 5. The smallest absolute Gasteiger partial charge is 0.225 e. The first kappa shape index (κ1) is 20.3. The Bertz CT molecular complexity index is 999. The first-order chi connectivity index (χ1) is 14.5. The van der Waals surface area contributed by atoms with Crippen LogP contribution in [0.3, 0.4) is 0 Å². The SMILES string of the molecule is CC(C)C[C@@H](NC(=O)[C@H]1CCCN(c2ncccn2)C1)c1nc2ccccc2n1C. The molecule has 1 N–H and O–H groups in total. The van der Waals surface area contributed by atoms with Crippen molar-refractivity contribution in [3.63, 3.8) is 0 Å². The van der Waals surface area contributed by atoms with Crippen molar-refractivity contribution < 1.29 is 4.79 Å². The summed E-state index contributed by atoms with van der Waals surface area (Å²) in [6, 6.07) is 9.80. The molecule has 1 amide bonds. The number of carbonyl (C=O) groups excluding carboxylic acids is 1. The van der Waals surface area contributed by atoms with Gasteiger partial charge in [-0.05, 0) is 43.4 Å². The predicted octanol–water partition coefficient (Wildman–Crippen LogP) is 3.48. The maximum absolute atomic E-state index is 13.3. The molecule has 0 radical (unpaired) electrons. The standard InChI is InChI=1S/C23H30N6O/c1-16(2)14-19(21-26-18-9-4-5-10-20(18)28(21)3)27-22(30)17-8-6-13-29(15-17)23-24-11-7-12-25-23/h4-5,7,9-12,16-17,19H,6,8,13-15H2,1-3H3,(H,27,30)/t17-,19+/m0/s1. The Morgan fingerprint density at radius 1 is 1.20 bits per heavy atom. The van der Waals surface area contributed by atoms with Crippen LogP contribution >= 0.6 is 0 Å². The Morgan fingerprint density at radius 3 is 2.70 bits per heavy atom. The number of para-hydroxylation sites is 2. The van der Waals surface area contributed by atoms with Crippen LogP contribution in [0, 0.1) is 11.8 Å². The van der Waals surface area contributed by atoms with Crippen LogP contribution in [-0.2, 0) is 11.8 Å². The minimum absolute atomic E-state index is 0.0769. The molecular weight excluding hydrogens is 376 g/mol. The maximum atomic E-state index is 13.3. The third-order valence-electron chi connectivity index (χ3n) is 5.78. The van der Waals surface area contributed by atoms with Gasteiger partial charge in [-0.2, -0.15) is 0 Å². The van der Waals surface area contributed by atoms with E-state index in [9.17, 15) is 4.79 Å². The number of benzene rings is 1. The third-order valence-corrected chi connectivity index (χ3v) is 5.78. The highest BCUT2D eigenvalue weighted by molar-refractivity contribution is 5.80. The fraction of sp³-hybridized carbons (Fsp3) is 0.478. The van der Waals surface area contributed by atoms with Crippen molar-refractivity contribution in [2.45, 2.75) is 39.2 Å². The molecule has 0 bridgehead atoms. The van der Waals surface area contributed by atoms with Crippen LogP contribution in [0.15, 0.2) is 42.7 Å². The molecule has 1 aromatic carbocycles. The van der Waals surface area contributed by atoms with E-state index in [1.54, 1.807) is 12.4 Å². The lowest BCUT2D eigenvalue weighted by atomic mass is 9.96. The van der Waals surface area contributed by atoms with Gasteiger partial charge in [0.05, 0.1) is 23.0 Å². The Labute approximate surface area is 177 Å². The number of rotatable bonds is 6. The Kier molecular flexibility index (Phi) is 5.97. The van der Waals surface area contributed by atoms with Crippen molar-refractivity contribution in [1.29, 1.82) is 0 Å². The summed E-state index contributed by atoms with van der Waals surface area (Å²) in [7, 11) is 2.03. The van der Waals surface area contributed by atoms with Gasteiger partial charge in [-0.15, -0.1) is 0 Å². The first-order valence-electron chi connectivity index (χ1n) is 10.8. The molecule has 7 nitrogen and oxygen atoms in total. The van der Waals surface area contributed by atoms with E-state index in [0.717, 1.165) is 42.7 Å². The highest BCUT2D eigenvalue weighted by Crippen LogP contribution is 2.26. The highest BCUT2D eigenvalue weighted by atomic mass is 16.2. The van der Waals surface area contributed by atoms with Crippen LogP contribution in [0.2, 0.25) is 0 Å². The van der Waals surface area contributed by atoms with E-state index in [-0.39, 0.29) is 17.9 Å². The highest BCUT2D eigenvalue weighted by Gasteiger charge is 2.30. The molecular formula is C23H30N6O. The normalized spacial score (nSPS) is 18.0. The molecule has 1 saturated heterocycles. The van der Waals surface area contributed by atoms with E-state index in [4.69, 9.17) is 4.98 Å². The Balaban J connectivity index is 1.52. The summed E-state index contributed by atoms with van der Waals surface area (Å²) < 4.78 is 2.10. The number of hydrogen-bond donors (Lipinski definition) is 1. The number of nitrogens with one attached hydrogen (secondary N) is 1. The van der Waals surface area contributed by atoms with Gasteiger partial charge in [-0.1, -0.05) is 26.0 Å². The Hall–Kier alpha value is -2.96. The molecule has 0 spiro atoms. The number of piperidine rings is 1. The van der Waals surface area contributed by atoms with E-state index < -0.39 is 0 Å². The molecule has 3 aromatic rings. The number of imidazole rings is 1. The van der Waals surface area contributed by atoms with Gasteiger partial charge in [0.1, 0.15) is 5.82 Å². The summed E-state index contributed by atoms with van der Waals surface area (Å²) >= 11 is 0. The second kappa shape index (κ2) is 8.81. The zero-order chi connectivity index (χ0) is 21.1. The molecule has 30 heavy (non-hydrogen) atoms. The summed E-state index contributed by atoms with van der Waals surface area (Å²) in [6.07, 6.45) is 6.18. The lowest BCUT2D eigenvalue weighted by molar-refractivity contribution is -0.126. The van der Waals surface area contributed by atoms with Crippen molar-refractivity contribution >= 4 is 22.9 Å². The van der Waals surface area contributed by atoms with Crippen molar-refractivity contribution in [2.24, 2.45) is 18.9 Å². The van der Waals surface area contributed by atoms with Gasteiger partial charge in [0.15, 0.2) is 0 Å². The summed E-state index contributed by atoms with van der Waals surface area (Å²) in [5.74, 6) is 2.07. The number of anilines is 1. The molecule has 3 heterocycles. The van der Waals surface area contributed by atoms with Crippen molar-refractivity contribution in [1.82, 2.24) is 24.8 Å². The molecule has 0 unspecified atom stereocenters. The van der Waals surface area contributed by atoms with E-state index in [1.165, 1.54) is 0 Å². The number of nitrogens with zero attached hydrogens (tertiary/aromatic N) is 5. The second-order valence-electron chi connectivity index (χ2n) is 8.54. The number of amides is 1. The molecule has 1 aliphatic heterocycles. The summed E-state index contributed by atoms with van der Waals surface area (Å²) in [6.45, 7) is 5.88. The van der Waals surface area contributed by atoms with Gasteiger partial charge < -0.3 is 14.8 Å². The van der Waals surface area contributed by atoms with Gasteiger partial charge in [0.2, 0.25) is 11.9 Å². The molecule has 0 saturated carbocycles. The molecule has 7 heteroatoms.